The van der Waals surface area contributed by atoms with E-state index in [0.29, 0.717) is 6.47 Å². The summed E-state index contributed by atoms with van der Waals surface area (Å²) in [7, 11) is 0. The fourth-order valence-electron chi connectivity index (χ4n) is 4.62. The van der Waals surface area contributed by atoms with Gasteiger partial charge in [0, 0.05) is 0 Å². The number of carbonyl (C=O) groups is 2. The van der Waals surface area contributed by atoms with Crippen molar-refractivity contribution in [2.24, 2.45) is 5.41 Å². The third-order valence-corrected chi connectivity index (χ3v) is 7.36. The molecule has 0 unspecified atom stereocenters. The zero-order chi connectivity index (χ0) is 23.1. The predicted molar refractivity (Wildman–Crippen MR) is 126 cm³/mol. The minimum atomic E-state index is -0.702. The summed E-state index contributed by atoms with van der Waals surface area (Å²) in [6, 6.07) is 2.38. The minimum absolute atomic E-state index is 0.115. The SMILES string of the molecule is Cc1cc(CCCCCC2(OC=O)CC2)c(C)c(C)c1CCCCCC(C)(C)C(=O)O. The van der Waals surface area contributed by atoms with Crippen LogP contribution in [0.15, 0.2) is 6.07 Å². The number of carboxylic acid groups (broad SMARTS) is 1. The zero-order valence-corrected chi connectivity index (χ0v) is 20.3. The van der Waals surface area contributed by atoms with Crippen LogP contribution in [0.25, 0.3) is 0 Å². The van der Waals surface area contributed by atoms with Gasteiger partial charge in [-0.15, -0.1) is 0 Å². The first-order chi connectivity index (χ1) is 14.6. The standard InChI is InChI=1S/C27H42O4/c1-20-18-23(12-8-6-11-15-27(16-17-27)31-19-28)21(2)22(3)24(20)13-9-7-10-14-26(4,5)25(29)30/h18-19H,6-17H2,1-5H3,(H,29,30). The Balaban J connectivity index is 1.78. The smallest absolute Gasteiger partial charge is 0.309 e. The molecule has 0 radical (unpaired) electrons. The van der Waals surface area contributed by atoms with Crippen molar-refractivity contribution >= 4 is 12.4 Å². The van der Waals surface area contributed by atoms with Crippen molar-refractivity contribution in [3.63, 3.8) is 0 Å². The van der Waals surface area contributed by atoms with Crippen LogP contribution in [-0.2, 0) is 27.2 Å². The van der Waals surface area contributed by atoms with Crippen LogP contribution in [0.2, 0.25) is 0 Å². The number of carbonyl (C=O) groups excluding carboxylic acids is 1. The molecule has 1 aliphatic carbocycles. The Hall–Kier alpha value is -1.84. The highest BCUT2D eigenvalue weighted by atomic mass is 16.5. The van der Waals surface area contributed by atoms with Crippen molar-refractivity contribution < 1.29 is 19.4 Å². The molecule has 1 aromatic carbocycles. The third kappa shape index (κ3) is 7.36. The molecule has 4 heteroatoms. The Kier molecular flexibility index (Phi) is 9.14. The first-order valence-electron chi connectivity index (χ1n) is 12.1. The Labute approximate surface area is 188 Å². The summed E-state index contributed by atoms with van der Waals surface area (Å²) in [5.74, 6) is -0.702. The average molecular weight is 431 g/mol. The maximum Gasteiger partial charge on any atom is 0.309 e. The maximum absolute atomic E-state index is 11.2. The zero-order valence-electron chi connectivity index (χ0n) is 20.3. The normalized spacial score (nSPS) is 15.0. The van der Waals surface area contributed by atoms with Crippen LogP contribution in [0.3, 0.4) is 0 Å². The van der Waals surface area contributed by atoms with Crippen LogP contribution in [0.4, 0.5) is 0 Å². The molecule has 0 saturated heterocycles. The van der Waals surface area contributed by atoms with Gasteiger partial charge in [0.15, 0.2) is 0 Å². The number of benzene rings is 1. The molecule has 0 atom stereocenters. The van der Waals surface area contributed by atoms with Gasteiger partial charge in [0.1, 0.15) is 5.60 Å². The highest BCUT2D eigenvalue weighted by molar-refractivity contribution is 5.73. The summed E-state index contributed by atoms with van der Waals surface area (Å²) in [5.41, 5.74) is 6.45. The van der Waals surface area contributed by atoms with E-state index < -0.39 is 11.4 Å². The monoisotopic (exact) mass is 430 g/mol. The molecule has 1 aliphatic rings. The molecule has 0 aliphatic heterocycles. The van der Waals surface area contributed by atoms with Crippen LogP contribution >= 0.6 is 0 Å². The van der Waals surface area contributed by atoms with Crippen molar-refractivity contribution in [1.29, 1.82) is 0 Å². The molecule has 4 nitrogen and oxygen atoms in total. The average Bonchev–Trinajstić information content (AvgIpc) is 3.47. The summed E-state index contributed by atoms with van der Waals surface area (Å²) >= 11 is 0. The Bertz CT molecular complexity index is 759. The van der Waals surface area contributed by atoms with E-state index in [1.165, 1.54) is 40.7 Å². The van der Waals surface area contributed by atoms with E-state index in [1.54, 1.807) is 0 Å². The number of aliphatic carboxylic acids is 1. The number of aryl methyl sites for hydroxylation is 2. The Morgan fingerprint density at radius 3 is 2.29 bits per heavy atom. The van der Waals surface area contributed by atoms with Gasteiger partial charge in [-0.2, -0.15) is 0 Å². The van der Waals surface area contributed by atoms with E-state index in [4.69, 9.17) is 4.74 Å². The number of ether oxygens (including phenoxy) is 1. The van der Waals surface area contributed by atoms with E-state index in [-0.39, 0.29) is 5.60 Å². The van der Waals surface area contributed by atoms with Crippen molar-refractivity contribution in [3.05, 3.63) is 33.9 Å². The molecule has 0 bridgehead atoms. The molecule has 0 aromatic heterocycles. The largest absolute Gasteiger partial charge is 0.481 e. The second-order valence-corrected chi connectivity index (χ2v) is 10.3. The lowest BCUT2D eigenvalue weighted by Gasteiger charge is -2.19. The first kappa shape index (κ1) is 25.4. The van der Waals surface area contributed by atoms with Crippen LogP contribution in [0.1, 0.15) is 106 Å². The van der Waals surface area contributed by atoms with Gasteiger partial charge < -0.3 is 9.84 Å². The molecular formula is C27H42O4. The highest BCUT2D eigenvalue weighted by Gasteiger charge is 2.44. The van der Waals surface area contributed by atoms with Crippen LogP contribution < -0.4 is 0 Å². The van der Waals surface area contributed by atoms with Gasteiger partial charge in [-0.3, -0.25) is 9.59 Å². The molecule has 1 saturated carbocycles. The fourth-order valence-corrected chi connectivity index (χ4v) is 4.62. The molecule has 1 aromatic rings. The van der Waals surface area contributed by atoms with Crippen molar-refractivity contribution in [1.82, 2.24) is 0 Å². The second-order valence-electron chi connectivity index (χ2n) is 10.3. The summed E-state index contributed by atoms with van der Waals surface area (Å²) in [6.07, 6.45) is 12.6. The lowest BCUT2D eigenvalue weighted by Crippen LogP contribution is -2.23. The van der Waals surface area contributed by atoms with E-state index >= 15 is 0 Å². The lowest BCUT2D eigenvalue weighted by molar-refractivity contribution is -0.147. The van der Waals surface area contributed by atoms with Gasteiger partial charge in [-0.25, -0.2) is 0 Å². The van der Waals surface area contributed by atoms with E-state index in [1.807, 2.05) is 13.8 Å². The van der Waals surface area contributed by atoms with Crippen LogP contribution in [0, 0.1) is 26.2 Å². The molecule has 0 spiro atoms. The molecule has 1 fully saturated rings. The summed E-state index contributed by atoms with van der Waals surface area (Å²) < 4.78 is 5.24. The number of carboxylic acids is 1. The Morgan fingerprint density at radius 2 is 1.68 bits per heavy atom. The van der Waals surface area contributed by atoms with Gasteiger partial charge in [0.25, 0.3) is 6.47 Å². The van der Waals surface area contributed by atoms with E-state index in [9.17, 15) is 14.7 Å². The lowest BCUT2D eigenvalue weighted by atomic mass is 9.86. The van der Waals surface area contributed by atoms with Gasteiger partial charge >= 0.3 is 5.97 Å². The molecule has 0 heterocycles. The first-order valence-corrected chi connectivity index (χ1v) is 12.1. The number of hydrogen-bond acceptors (Lipinski definition) is 3. The van der Waals surface area contributed by atoms with Crippen molar-refractivity contribution in [3.8, 4) is 0 Å². The molecule has 174 valence electrons. The fraction of sp³-hybridized carbons (Fsp3) is 0.704. The third-order valence-electron chi connectivity index (χ3n) is 7.36. The van der Waals surface area contributed by atoms with Gasteiger partial charge in [0.2, 0.25) is 0 Å². The molecule has 2 rings (SSSR count). The van der Waals surface area contributed by atoms with E-state index in [0.717, 1.165) is 64.2 Å². The Morgan fingerprint density at radius 1 is 1.03 bits per heavy atom. The summed E-state index contributed by atoms with van der Waals surface area (Å²) in [6.45, 7) is 11.0. The van der Waals surface area contributed by atoms with Crippen LogP contribution in [-0.4, -0.2) is 23.1 Å². The quantitative estimate of drug-likeness (QED) is 0.250. The van der Waals surface area contributed by atoms with Crippen LogP contribution in [0.5, 0.6) is 0 Å². The van der Waals surface area contributed by atoms with E-state index in [2.05, 4.69) is 26.8 Å². The maximum atomic E-state index is 11.2. The predicted octanol–water partition coefficient (Wildman–Crippen LogP) is 6.63. The topological polar surface area (TPSA) is 63.6 Å². The van der Waals surface area contributed by atoms with Gasteiger partial charge in [-0.05, 0) is 120 Å². The number of hydrogen-bond donors (Lipinski definition) is 1. The molecular weight excluding hydrogens is 388 g/mol. The molecule has 31 heavy (non-hydrogen) atoms. The van der Waals surface area contributed by atoms with Crippen molar-refractivity contribution in [2.75, 3.05) is 0 Å². The minimum Gasteiger partial charge on any atom is -0.481 e. The summed E-state index contributed by atoms with van der Waals surface area (Å²) in [5, 5.41) is 9.24. The van der Waals surface area contributed by atoms with Gasteiger partial charge in [-0.1, -0.05) is 25.3 Å². The summed E-state index contributed by atoms with van der Waals surface area (Å²) in [4.78, 5) is 21.8. The molecule has 1 N–H and O–H groups in total. The highest BCUT2D eigenvalue weighted by Crippen LogP contribution is 2.43. The molecule has 0 amide bonds. The number of rotatable bonds is 15. The van der Waals surface area contributed by atoms with Crippen molar-refractivity contribution in [2.45, 2.75) is 117 Å². The second kappa shape index (κ2) is 11.2. The number of unbranched alkanes of at least 4 members (excludes halogenated alkanes) is 4. The van der Waals surface area contributed by atoms with Gasteiger partial charge in [0.05, 0.1) is 5.41 Å².